The minimum Gasteiger partial charge on any atom is -0.381 e. The molecule has 0 spiro atoms. The normalized spacial score (nSPS) is 10.2. The highest BCUT2D eigenvalue weighted by Gasteiger charge is 1.90. The van der Waals surface area contributed by atoms with Gasteiger partial charge in [0.15, 0.2) is 0 Å². The highest BCUT2D eigenvalue weighted by molar-refractivity contribution is 6.27. The molecule has 0 fully saturated rings. The molecule has 58 valence electrons. The molecule has 0 atom stereocenters. The van der Waals surface area contributed by atoms with Crippen LogP contribution in [0.5, 0.6) is 0 Å². The fourth-order valence-electron chi connectivity index (χ4n) is 0.335. The van der Waals surface area contributed by atoms with Gasteiger partial charge >= 0.3 is 0 Å². The van der Waals surface area contributed by atoms with Crippen molar-refractivity contribution in [3.8, 4) is 0 Å². The summed E-state index contributed by atoms with van der Waals surface area (Å²) in [5.74, 6) is -0.230. The van der Waals surface area contributed by atoms with Crippen molar-refractivity contribution in [2.45, 2.75) is 0 Å². The Hall–Kier alpha value is -0.540. The highest BCUT2D eigenvalue weighted by Crippen LogP contribution is 1.75. The van der Waals surface area contributed by atoms with E-state index >= 15 is 0 Å². The van der Waals surface area contributed by atoms with Gasteiger partial charge in [-0.05, 0) is 6.08 Å². The van der Waals surface area contributed by atoms with E-state index in [0.717, 1.165) is 0 Å². The standard InChI is InChI=1S/C6H10ClNO2/c1-10-4-2-3-8-6(9)5-7/h2-3H,4-5H2,1H3,(H,8,9)/b3-2+. The molecule has 0 aliphatic heterocycles. The number of carbonyl (C=O) groups is 1. The van der Waals surface area contributed by atoms with Crippen molar-refractivity contribution in [2.75, 3.05) is 19.6 Å². The lowest BCUT2D eigenvalue weighted by molar-refractivity contribution is -0.117. The highest BCUT2D eigenvalue weighted by atomic mass is 35.5. The summed E-state index contributed by atoms with van der Waals surface area (Å²) in [6.07, 6.45) is 3.19. The Morgan fingerprint density at radius 2 is 2.50 bits per heavy atom. The molecule has 4 heteroatoms. The van der Waals surface area contributed by atoms with E-state index < -0.39 is 0 Å². The minimum absolute atomic E-state index is 0.0165. The maximum atomic E-state index is 10.4. The van der Waals surface area contributed by atoms with E-state index in [2.05, 4.69) is 10.1 Å². The van der Waals surface area contributed by atoms with E-state index in [9.17, 15) is 4.79 Å². The number of halogens is 1. The maximum Gasteiger partial charge on any atom is 0.238 e. The predicted molar refractivity (Wildman–Crippen MR) is 39.9 cm³/mol. The number of hydrogen-bond acceptors (Lipinski definition) is 2. The van der Waals surface area contributed by atoms with Gasteiger partial charge in [0.2, 0.25) is 5.91 Å². The summed E-state index contributed by atoms with van der Waals surface area (Å²) in [4.78, 5) is 10.4. The van der Waals surface area contributed by atoms with E-state index in [1.165, 1.54) is 6.20 Å². The number of methoxy groups -OCH3 is 1. The topological polar surface area (TPSA) is 38.3 Å². The van der Waals surface area contributed by atoms with Crippen molar-refractivity contribution in [3.63, 3.8) is 0 Å². The Morgan fingerprint density at radius 3 is 3.00 bits per heavy atom. The number of nitrogens with one attached hydrogen (secondary N) is 1. The van der Waals surface area contributed by atoms with Gasteiger partial charge in [-0.1, -0.05) is 0 Å². The van der Waals surface area contributed by atoms with Crippen molar-refractivity contribution < 1.29 is 9.53 Å². The average Bonchev–Trinajstić information content (AvgIpc) is 1.98. The second-order valence-electron chi connectivity index (χ2n) is 1.56. The van der Waals surface area contributed by atoms with Gasteiger partial charge in [-0.25, -0.2) is 0 Å². The van der Waals surface area contributed by atoms with Crippen LogP contribution in [-0.2, 0) is 9.53 Å². The number of rotatable bonds is 4. The molecule has 0 saturated heterocycles. The van der Waals surface area contributed by atoms with E-state index in [0.29, 0.717) is 6.61 Å². The van der Waals surface area contributed by atoms with Crippen molar-refractivity contribution >= 4 is 17.5 Å². The van der Waals surface area contributed by atoms with Crippen LogP contribution in [0.3, 0.4) is 0 Å². The summed E-state index contributed by atoms with van der Waals surface area (Å²) in [7, 11) is 1.58. The van der Waals surface area contributed by atoms with E-state index in [1.807, 2.05) is 0 Å². The Kier molecular flexibility index (Phi) is 6.22. The third-order valence-electron chi connectivity index (χ3n) is 0.746. The SMILES string of the molecule is COC/C=C/NC(=O)CCl. The largest absolute Gasteiger partial charge is 0.381 e. The van der Waals surface area contributed by atoms with Crippen LogP contribution in [-0.4, -0.2) is 25.5 Å². The van der Waals surface area contributed by atoms with Gasteiger partial charge in [0.25, 0.3) is 0 Å². The van der Waals surface area contributed by atoms with Gasteiger partial charge < -0.3 is 10.1 Å². The van der Waals surface area contributed by atoms with Gasteiger partial charge in [0.1, 0.15) is 5.88 Å². The van der Waals surface area contributed by atoms with Crippen LogP contribution in [0.2, 0.25) is 0 Å². The fourth-order valence-corrected chi connectivity index (χ4v) is 0.412. The summed E-state index contributed by atoms with van der Waals surface area (Å²) in [6.45, 7) is 0.489. The number of carbonyl (C=O) groups excluding carboxylic acids is 1. The first-order chi connectivity index (χ1) is 4.81. The summed E-state index contributed by atoms with van der Waals surface area (Å²) in [5.41, 5.74) is 0. The Bertz CT molecular complexity index is 125. The van der Waals surface area contributed by atoms with Gasteiger partial charge in [-0.2, -0.15) is 0 Å². The van der Waals surface area contributed by atoms with Crippen LogP contribution >= 0.6 is 11.6 Å². The Morgan fingerprint density at radius 1 is 1.80 bits per heavy atom. The molecule has 0 aromatic rings. The second kappa shape index (κ2) is 6.58. The number of alkyl halides is 1. The molecule has 0 saturated carbocycles. The zero-order valence-electron chi connectivity index (χ0n) is 5.76. The molecule has 0 aromatic heterocycles. The third kappa shape index (κ3) is 5.59. The first-order valence-corrected chi connectivity index (χ1v) is 3.34. The van der Waals surface area contributed by atoms with Gasteiger partial charge in [0, 0.05) is 13.3 Å². The molecule has 0 aromatic carbocycles. The Labute approximate surface area is 65.0 Å². The number of ether oxygens (including phenoxy) is 1. The molecule has 0 radical (unpaired) electrons. The molecule has 1 N–H and O–H groups in total. The first-order valence-electron chi connectivity index (χ1n) is 2.80. The lowest BCUT2D eigenvalue weighted by Crippen LogP contribution is -2.17. The smallest absolute Gasteiger partial charge is 0.238 e. The van der Waals surface area contributed by atoms with Gasteiger partial charge in [-0.3, -0.25) is 4.79 Å². The summed E-state index contributed by atoms with van der Waals surface area (Å²) >= 11 is 5.19. The van der Waals surface area contributed by atoms with E-state index in [1.54, 1.807) is 13.2 Å². The Balaban J connectivity index is 3.25. The molecule has 0 aliphatic carbocycles. The molecule has 0 rings (SSSR count). The van der Waals surface area contributed by atoms with E-state index in [-0.39, 0.29) is 11.8 Å². The van der Waals surface area contributed by atoms with Crippen LogP contribution in [0.15, 0.2) is 12.3 Å². The van der Waals surface area contributed by atoms with Crippen LogP contribution in [0.25, 0.3) is 0 Å². The fraction of sp³-hybridized carbons (Fsp3) is 0.500. The third-order valence-corrected chi connectivity index (χ3v) is 0.989. The second-order valence-corrected chi connectivity index (χ2v) is 1.83. The molecular formula is C6H10ClNO2. The molecule has 10 heavy (non-hydrogen) atoms. The van der Waals surface area contributed by atoms with Crippen LogP contribution < -0.4 is 5.32 Å². The molecule has 0 aliphatic rings. The molecule has 0 heterocycles. The minimum atomic E-state index is -0.214. The maximum absolute atomic E-state index is 10.4. The predicted octanol–water partition coefficient (Wildman–Crippen LogP) is 0.502. The summed E-state index contributed by atoms with van der Waals surface area (Å²) in [5, 5.41) is 2.44. The molecule has 0 bridgehead atoms. The average molecular weight is 164 g/mol. The monoisotopic (exact) mass is 163 g/mol. The molecule has 0 unspecified atom stereocenters. The summed E-state index contributed by atoms with van der Waals surface area (Å²) < 4.78 is 4.69. The molecular weight excluding hydrogens is 154 g/mol. The lowest BCUT2D eigenvalue weighted by atomic mass is 10.6. The zero-order valence-corrected chi connectivity index (χ0v) is 6.52. The molecule has 1 amide bonds. The van der Waals surface area contributed by atoms with Crippen molar-refractivity contribution in [1.29, 1.82) is 0 Å². The van der Waals surface area contributed by atoms with Crippen LogP contribution in [0.4, 0.5) is 0 Å². The van der Waals surface area contributed by atoms with Crippen molar-refractivity contribution in [2.24, 2.45) is 0 Å². The van der Waals surface area contributed by atoms with Gasteiger partial charge in [-0.15, -0.1) is 11.6 Å². The molecule has 3 nitrogen and oxygen atoms in total. The lowest BCUT2D eigenvalue weighted by Gasteiger charge is -1.92. The van der Waals surface area contributed by atoms with Crippen molar-refractivity contribution in [1.82, 2.24) is 5.32 Å². The first kappa shape index (κ1) is 9.46. The zero-order chi connectivity index (χ0) is 7.82. The number of amides is 1. The van der Waals surface area contributed by atoms with Gasteiger partial charge in [0.05, 0.1) is 6.61 Å². The van der Waals surface area contributed by atoms with Crippen LogP contribution in [0, 0.1) is 0 Å². The summed E-state index contributed by atoms with van der Waals surface area (Å²) in [6, 6.07) is 0. The quantitative estimate of drug-likeness (QED) is 0.613. The van der Waals surface area contributed by atoms with Crippen molar-refractivity contribution in [3.05, 3.63) is 12.3 Å². The van der Waals surface area contributed by atoms with Crippen LogP contribution in [0.1, 0.15) is 0 Å². The van der Waals surface area contributed by atoms with E-state index in [4.69, 9.17) is 11.6 Å². The number of hydrogen-bond donors (Lipinski definition) is 1.